The molecule has 0 amide bonds. The minimum absolute atomic E-state index is 0.918. The van der Waals surface area contributed by atoms with Crippen molar-refractivity contribution in [2.75, 3.05) is 19.6 Å². The lowest BCUT2D eigenvalue weighted by molar-refractivity contribution is 0.306. The highest BCUT2D eigenvalue weighted by atomic mass is 15.2. The molecule has 0 unspecified atom stereocenters. The SMILES string of the molecule is CCN(CC)CCc1nn[c][nH]1. The molecular formula is C8H15N4. The van der Waals surface area contributed by atoms with Crippen molar-refractivity contribution in [3.63, 3.8) is 0 Å². The van der Waals surface area contributed by atoms with Crippen LogP contribution in [-0.4, -0.2) is 39.7 Å². The van der Waals surface area contributed by atoms with Crippen LogP contribution in [0.25, 0.3) is 0 Å². The van der Waals surface area contributed by atoms with Crippen molar-refractivity contribution in [3.8, 4) is 0 Å². The second-order valence-corrected chi connectivity index (χ2v) is 2.66. The number of likely N-dealkylation sites (N-methyl/N-ethyl adjacent to an activating group) is 1. The van der Waals surface area contributed by atoms with Gasteiger partial charge in [0.15, 0.2) is 6.33 Å². The number of H-pyrrole nitrogens is 1. The van der Waals surface area contributed by atoms with Gasteiger partial charge in [0.25, 0.3) is 0 Å². The van der Waals surface area contributed by atoms with Gasteiger partial charge in [0, 0.05) is 13.0 Å². The summed E-state index contributed by atoms with van der Waals surface area (Å²) in [5.41, 5.74) is 0. The molecule has 4 heteroatoms. The summed E-state index contributed by atoms with van der Waals surface area (Å²) in [4.78, 5) is 5.22. The Morgan fingerprint density at radius 3 is 2.67 bits per heavy atom. The van der Waals surface area contributed by atoms with Gasteiger partial charge in [0.05, 0.1) is 0 Å². The highest BCUT2D eigenvalue weighted by Gasteiger charge is 2.00. The highest BCUT2D eigenvalue weighted by Crippen LogP contribution is 1.92. The van der Waals surface area contributed by atoms with Gasteiger partial charge < -0.3 is 9.88 Å². The van der Waals surface area contributed by atoms with Crippen LogP contribution in [0.4, 0.5) is 0 Å². The summed E-state index contributed by atoms with van der Waals surface area (Å²) >= 11 is 0. The number of rotatable bonds is 5. The van der Waals surface area contributed by atoms with E-state index in [-0.39, 0.29) is 0 Å². The lowest BCUT2D eigenvalue weighted by atomic mass is 10.3. The van der Waals surface area contributed by atoms with Gasteiger partial charge in [-0.1, -0.05) is 13.8 Å². The predicted octanol–water partition coefficient (Wildman–Crippen LogP) is 0.489. The number of aromatic amines is 1. The fourth-order valence-electron chi connectivity index (χ4n) is 1.12. The van der Waals surface area contributed by atoms with Crippen LogP contribution >= 0.6 is 0 Å². The monoisotopic (exact) mass is 167 g/mol. The van der Waals surface area contributed by atoms with Crippen LogP contribution < -0.4 is 0 Å². The second-order valence-electron chi connectivity index (χ2n) is 2.66. The van der Waals surface area contributed by atoms with Gasteiger partial charge in [0.1, 0.15) is 5.82 Å². The fourth-order valence-corrected chi connectivity index (χ4v) is 1.12. The molecule has 0 spiro atoms. The highest BCUT2D eigenvalue weighted by molar-refractivity contribution is 4.80. The van der Waals surface area contributed by atoms with Gasteiger partial charge >= 0.3 is 0 Å². The van der Waals surface area contributed by atoms with E-state index in [1.165, 1.54) is 0 Å². The quantitative estimate of drug-likeness (QED) is 0.694. The van der Waals surface area contributed by atoms with Gasteiger partial charge in [-0.3, -0.25) is 0 Å². The van der Waals surface area contributed by atoms with Crippen LogP contribution in [0.5, 0.6) is 0 Å². The zero-order chi connectivity index (χ0) is 8.81. The summed E-state index contributed by atoms with van der Waals surface area (Å²) in [5, 5.41) is 7.47. The fraction of sp³-hybridized carbons (Fsp3) is 0.750. The van der Waals surface area contributed by atoms with E-state index in [4.69, 9.17) is 0 Å². The van der Waals surface area contributed by atoms with Crippen molar-refractivity contribution >= 4 is 0 Å². The molecule has 0 bridgehead atoms. The molecule has 4 nitrogen and oxygen atoms in total. The van der Waals surface area contributed by atoms with Gasteiger partial charge in [-0.15, -0.1) is 10.2 Å². The molecule has 12 heavy (non-hydrogen) atoms. The van der Waals surface area contributed by atoms with E-state index in [2.05, 4.69) is 40.3 Å². The molecule has 1 radical (unpaired) electrons. The first-order valence-corrected chi connectivity index (χ1v) is 4.36. The topological polar surface area (TPSA) is 44.8 Å². The average Bonchev–Trinajstić information content (AvgIpc) is 2.59. The lowest BCUT2D eigenvalue weighted by Gasteiger charge is -2.16. The maximum absolute atomic E-state index is 3.87. The van der Waals surface area contributed by atoms with Crippen molar-refractivity contribution in [1.82, 2.24) is 20.1 Å². The van der Waals surface area contributed by atoms with E-state index in [1.54, 1.807) is 0 Å². The van der Waals surface area contributed by atoms with Crippen LogP contribution in [-0.2, 0) is 6.42 Å². The Morgan fingerprint density at radius 2 is 2.17 bits per heavy atom. The van der Waals surface area contributed by atoms with E-state index in [0.29, 0.717) is 0 Å². The first-order chi connectivity index (χ1) is 5.86. The molecule has 1 N–H and O–H groups in total. The third kappa shape index (κ3) is 2.62. The van der Waals surface area contributed by atoms with Crippen LogP contribution in [0.1, 0.15) is 19.7 Å². The van der Waals surface area contributed by atoms with E-state index in [1.807, 2.05) is 0 Å². The van der Waals surface area contributed by atoms with Crippen LogP contribution in [0, 0.1) is 6.33 Å². The molecule has 1 rings (SSSR count). The molecule has 1 aromatic rings. The molecule has 0 saturated carbocycles. The van der Waals surface area contributed by atoms with Gasteiger partial charge in [0.2, 0.25) is 0 Å². The molecule has 0 saturated heterocycles. The minimum Gasteiger partial charge on any atom is -0.322 e. The summed E-state index contributed by atoms with van der Waals surface area (Å²) in [6.45, 7) is 7.55. The Bertz CT molecular complexity index is 191. The molecule has 0 aliphatic carbocycles. The summed E-state index contributed by atoms with van der Waals surface area (Å²) < 4.78 is 0. The normalized spacial score (nSPS) is 10.9. The van der Waals surface area contributed by atoms with Crippen molar-refractivity contribution in [1.29, 1.82) is 0 Å². The largest absolute Gasteiger partial charge is 0.322 e. The molecule has 0 fully saturated rings. The Labute approximate surface area is 73.0 Å². The van der Waals surface area contributed by atoms with Crippen LogP contribution in [0.3, 0.4) is 0 Å². The second kappa shape index (κ2) is 4.87. The molecule has 0 aromatic carbocycles. The maximum atomic E-state index is 3.87. The Hall–Kier alpha value is -0.900. The molecule has 1 aromatic heterocycles. The van der Waals surface area contributed by atoms with Crippen molar-refractivity contribution < 1.29 is 0 Å². The molecule has 0 atom stereocenters. The Morgan fingerprint density at radius 1 is 1.42 bits per heavy atom. The zero-order valence-corrected chi connectivity index (χ0v) is 7.67. The van der Waals surface area contributed by atoms with Crippen molar-refractivity contribution in [2.24, 2.45) is 0 Å². The average molecular weight is 167 g/mol. The maximum Gasteiger partial charge on any atom is 0.199 e. The number of nitrogens with zero attached hydrogens (tertiary/aromatic N) is 3. The third-order valence-electron chi connectivity index (χ3n) is 1.98. The summed E-state index contributed by atoms with van der Waals surface area (Å²) in [7, 11) is 0. The summed E-state index contributed by atoms with van der Waals surface area (Å²) in [6.07, 6.45) is 3.51. The first kappa shape index (κ1) is 9.19. The number of hydrogen-bond acceptors (Lipinski definition) is 3. The van der Waals surface area contributed by atoms with E-state index in [0.717, 1.165) is 31.9 Å². The molecule has 1 heterocycles. The summed E-state index contributed by atoms with van der Waals surface area (Å²) in [6, 6.07) is 0. The minimum atomic E-state index is 0.918. The molecule has 0 aliphatic rings. The zero-order valence-electron chi connectivity index (χ0n) is 7.67. The van der Waals surface area contributed by atoms with Crippen LogP contribution in [0.2, 0.25) is 0 Å². The standard InChI is InChI=1S/C8H15N4/c1-3-12(4-2)6-5-8-9-7-10-11-8/h3-6H2,1-2H3,(H,9,10,11). The van der Waals surface area contributed by atoms with E-state index < -0.39 is 0 Å². The van der Waals surface area contributed by atoms with Gasteiger partial charge in [-0.25, -0.2) is 0 Å². The van der Waals surface area contributed by atoms with Crippen molar-refractivity contribution in [3.05, 3.63) is 12.2 Å². The lowest BCUT2D eigenvalue weighted by Crippen LogP contribution is -2.25. The Kier molecular flexibility index (Phi) is 3.73. The number of hydrogen-bond donors (Lipinski definition) is 1. The van der Waals surface area contributed by atoms with E-state index in [9.17, 15) is 0 Å². The van der Waals surface area contributed by atoms with Gasteiger partial charge in [-0.2, -0.15) is 0 Å². The predicted molar refractivity (Wildman–Crippen MR) is 46.7 cm³/mol. The smallest absolute Gasteiger partial charge is 0.199 e. The third-order valence-corrected chi connectivity index (χ3v) is 1.98. The first-order valence-electron chi connectivity index (χ1n) is 4.36. The molecule has 0 aliphatic heterocycles. The number of nitrogens with one attached hydrogen (secondary N) is 1. The molecular weight excluding hydrogens is 152 g/mol. The van der Waals surface area contributed by atoms with Gasteiger partial charge in [-0.05, 0) is 13.1 Å². The summed E-state index contributed by atoms with van der Waals surface area (Å²) in [5.74, 6) is 0.918. The van der Waals surface area contributed by atoms with E-state index >= 15 is 0 Å². The Balaban J connectivity index is 2.25. The molecule has 67 valence electrons. The number of aromatic nitrogens is 3. The van der Waals surface area contributed by atoms with Crippen LogP contribution in [0.15, 0.2) is 0 Å². The van der Waals surface area contributed by atoms with Crippen molar-refractivity contribution in [2.45, 2.75) is 20.3 Å².